The first-order chi connectivity index (χ1) is 16.1. The van der Waals surface area contributed by atoms with Crippen LogP contribution in [0.4, 0.5) is 16.5 Å². The summed E-state index contributed by atoms with van der Waals surface area (Å²) in [5.41, 5.74) is 1.38. The zero-order chi connectivity index (χ0) is 23.0. The summed E-state index contributed by atoms with van der Waals surface area (Å²) in [7, 11) is 1.53. The molecule has 3 aromatic carbocycles. The van der Waals surface area contributed by atoms with Crippen LogP contribution in [-0.4, -0.2) is 29.0 Å². The lowest BCUT2D eigenvalue weighted by Crippen LogP contribution is -2.14. The Morgan fingerprint density at radius 1 is 1.03 bits per heavy atom. The van der Waals surface area contributed by atoms with E-state index in [1.807, 2.05) is 54.6 Å². The van der Waals surface area contributed by atoms with Crippen LogP contribution in [0.2, 0.25) is 5.02 Å². The second kappa shape index (κ2) is 11.0. The average molecular weight is 499 g/mol. The van der Waals surface area contributed by atoms with Gasteiger partial charge in [0, 0.05) is 10.7 Å². The van der Waals surface area contributed by atoms with Gasteiger partial charge in [0.1, 0.15) is 17.2 Å². The molecule has 0 atom stereocenters. The maximum atomic E-state index is 12.3. The molecule has 2 N–H and O–H groups in total. The number of halogens is 1. The molecule has 0 spiro atoms. The van der Waals surface area contributed by atoms with Crippen molar-refractivity contribution in [2.75, 3.05) is 23.5 Å². The minimum Gasteiger partial charge on any atom is -0.495 e. The van der Waals surface area contributed by atoms with Crippen molar-refractivity contribution >= 4 is 57.1 Å². The maximum absolute atomic E-state index is 12.3. The second-order valence-electron chi connectivity index (χ2n) is 6.62. The van der Waals surface area contributed by atoms with Gasteiger partial charge in [0.25, 0.3) is 0 Å². The quantitative estimate of drug-likeness (QED) is 0.256. The topological polar surface area (TPSA) is 85.4 Å². The molecule has 1 heterocycles. The number of aromatic nitrogens is 2. The van der Waals surface area contributed by atoms with Gasteiger partial charge in [-0.05, 0) is 54.6 Å². The number of thioether (sulfide) groups is 1. The molecule has 7 nitrogen and oxygen atoms in total. The van der Waals surface area contributed by atoms with Gasteiger partial charge in [-0.3, -0.25) is 4.79 Å². The zero-order valence-corrected chi connectivity index (χ0v) is 19.8. The summed E-state index contributed by atoms with van der Waals surface area (Å²) in [6.07, 6.45) is 0. The molecule has 0 aliphatic heterocycles. The van der Waals surface area contributed by atoms with Crippen LogP contribution in [0.3, 0.4) is 0 Å². The Balaban J connectivity index is 1.28. The monoisotopic (exact) mass is 498 g/mol. The number of hydrogen-bond acceptors (Lipinski definition) is 8. The molecule has 0 unspecified atom stereocenters. The second-order valence-corrected chi connectivity index (χ2v) is 9.26. The Labute approximate surface area is 204 Å². The summed E-state index contributed by atoms with van der Waals surface area (Å²) in [6, 6.07) is 22.2. The van der Waals surface area contributed by atoms with Gasteiger partial charge in [0.2, 0.25) is 11.0 Å². The van der Waals surface area contributed by atoms with E-state index in [1.165, 1.54) is 30.2 Å². The van der Waals surface area contributed by atoms with E-state index < -0.39 is 0 Å². The SMILES string of the molecule is COc1ccc(Cl)cc1NC(=O)CSc1nnc(Nc2ccc(Oc3ccccc3)cc2)s1. The van der Waals surface area contributed by atoms with Crippen LogP contribution in [-0.2, 0) is 4.79 Å². The van der Waals surface area contributed by atoms with E-state index in [0.29, 0.717) is 25.9 Å². The Morgan fingerprint density at radius 3 is 2.55 bits per heavy atom. The minimum atomic E-state index is -0.195. The van der Waals surface area contributed by atoms with Gasteiger partial charge < -0.3 is 20.1 Å². The third kappa shape index (κ3) is 6.61. The van der Waals surface area contributed by atoms with E-state index in [1.54, 1.807) is 18.2 Å². The standard InChI is InChI=1S/C23H19ClN4O3S2/c1-30-20-12-7-15(24)13-19(20)26-21(29)14-32-23-28-27-22(33-23)25-16-8-10-18(11-9-16)31-17-5-3-2-4-6-17/h2-13H,14H2,1H3,(H,25,27)(H,26,29). The average Bonchev–Trinajstić information content (AvgIpc) is 3.27. The van der Waals surface area contributed by atoms with E-state index in [2.05, 4.69) is 20.8 Å². The van der Waals surface area contributed by atoms with Crippen LogP contribution < -0.4 is 20.1 Å². The van der Waals surface area contributed by atoms with E-state index in [-0.39, 0.29) is 11.7 Å². The molecule has 0 fully saturated rings. The summed E-state index contributed by atoms with van der Waals surface area (Å²) in [5, 5.41) is 15.4. The van der Waals surface area contributed by atoms with Crippen molar-refractivity contribution in [1.82, 2.24) is 10.2 Å². The first kappa shape index (κ1) is 22.9. The number of amides is 1. The van der Waals surface area contributed by atoms with Crippen LogP contribution in [0.15, 0.2) is 77.1 Å². The maximum Gasteiger partial charge on any atom is 0.234 e. The van der Waals surface area contributed by atoms with Crippen molar-refractivity contribution < 1.29 is 14.3 Å². The van der Waals surface area contributed by atoms with Crippen LogP contribution in [0.25, 0.3) is 0 Å². The number of benzene rings is 3. The van der Waals surface area contributed by atoms with Crippen LogP contribution in [0, 0.1) is 0 Å². The fourth-order valence-electron chi connectivity index (χ4n) is 2.76. The summed E-state index contributed by atoms with van der Waals surface area (Å²) in [4.78, 5) is 12.3. The number of hydrogen-bond donors (Lipinski definition) is 2. The summed E-state index contributed by atoms with van der Waals surface area (Å²) in [6.45, 7) is 0. The lowest BCUT2D eigenvalue weighted by atomic mass is 10.3. The first-order valence-corrected chi connectivity index (χ1v) is 12.0. The molecule has 1 amide bonds. The van der Waals surface area contributed by atoms with Crippen molar-refractivity contribution in [2.24, 2.45) is 0 Å². The van der Waals surface area contributed by atoms with E-state index in [4.69, 9.17) is 21.1 Å². The molecule has 10 heteroatoms. The highest BCUT2D eigenvalue weighted by atomic mass is 35.5. The molecule has 33 heavy (non-hydrogen) atoms. The van der Waals surface area contributed by atoms with Crippen LogP contribution >= 0.6 is 34.7 Å². The van der Waals surface area contributed by atoms with Crippen molar-refractivity contribution in [2.45, 2.75) is 4.34 Å². The van der Waals surface area contributed by atoms with Gasteiger partial charge in [-0.2, -0.15) is 0 Å². The third-order valence-electron chi connectivity index (χ3n) is 4.25. The zero-order valence-electron chi connectivity index (χ0n) is 17.4. The summed E-state index contributed by atoms with van der Waals surface area (Å²) in [5.74, 6) is 2.04. The molecule has 0 saturated carbocycles. The molecule has 4 rings (SSSR count). The van der Waals surface area contributed by atoms with Crippen LogP contribution in [0.5, 0.6) is 17.2 Å². The molecular formula is C23H19ClN4O3S2. The number of nitrogens with zero attached hydrogens (tertiary/aromatic N) is 2. The fraction of sp³-hybridized carbons (Fsp3) is 0.0870. The number of ether oxygens (including phenoxy) is 2. The number of methoxy groups -OCH3 is 1. The van der Waals surface area contributed by atoms with Crippen molar-refractivity contribution in [3.8, 4) is 17.2 Å². The smallest absolute Gasteiger partial charge is 0.234 e. The lowest BCUT2D eigenvalue weighted by Gasteiger charge is -2.09. The molecular weight excluding hydrogens is 480 g/mol. The lowest BCUT2D eigenvalue weighted by molar-refractivity contribution is -0.113. The molecule has 168 valence electrons. The third-order valence-corrected chi connectivity index (χ3v) is 6.46. The number of carbonyl (C=O) groups is 1. The van der Waals surface area contributed by atoms with E-state index in [0.717, 1.165) is 17.2 Å². The Morgan fingerprint density at radius 2 is 1.79 bits per heavy atom. The van der Waals surface area contributed by atoms with Gasteiger partial charge in [-0.1, -0.05) is 52.9 Å². The number of rotatable bonds is 9. The number of nitrogens with one attached hydrogen (secondary N) is 2. The van der Waals surface area contributed by atoms with E-state index >= 15 is 0 Å². The molecule has 4 aromatic rings. The first-order valence-electron chi connectivity index (χ1n) is 9.79. The summed E-state index contributed by atoms with van der Waals surface area (Å²) < 4.78 is 11.7. The van der Waals surface area contributed by atoms with Crippen LogP contribution in [0.1, 0.15) is 0 Å². The molecule has 1 aromatic heterocycles. The van der Waals surface area contributed by atoms with Crippen molar-refractivity contribution in [3.05, 3.63) is 77.8 Å². The van der Waals surface area contributed by atoms with Crippen molar-refractivity contribution in [1.29, 1.82) is 0 Å². The molecule has 0 bridgehead atoms. The Bertz CT molecular complexity index is 1220. The van der Waals surface area contributed by atoms with Crippen molar-refractivity contribution in [3.63, 3.8) is 0 Å². The highest BCUT2D eigenvalue weighted by molar-refractivity contribution is 8.01. The number of para-hydroxylation sites is 1. The van der Waals surface area contributed by atoms with E-state index in [9.17, 15) is 4.79 Å². The number of anilines is 3. The van der Waals surface area contributed by atoms with Gasteiger partial charge in [-0.25, -0.2) is 0 Å². The summed E-state index contributed by atoms with van der Waals surface area (Å²) >= 11 is 8.67. The number of carbonyl (C=O) groups excluding carboxylic acids is 1. The van der Waals surface area contributed by atoms with Gasteiger partial charge >= 0.3 is 0 Å². The fourth-order valence-corrected chi connectivity index (χ4v) is 4.51. The highest BCUT2D eigenvalue weighted by Gasteiger charge is 2.11. The molecule has 0 saturated heterocycles. The normalized spacial score (nSPS) is 10.5. The minimum absolute atomic E-state index is 0.176. The molecule has 0 aliphatic rings. The Hall–Kier alpha value is -3.27. The highest BCUT2D eigenvalue weighted by Crippen LogP contribution is 2.31. The van der Waals surface area contributed by atoms with Gasteiger partial charge in [-0.15, -0.1) is 10.2 Å². The predicted octanol–water partition coefficient (Wildman–Crippen LogP) is 6.47. The Kier molecular flexibility index (Phi) is 7.66. The molecule has 0 radical (unpaired) electrons. The predicted molar refractivity (Wildman–Crippen MR) is 134 cm³/mol. The largest absolute Gasteiger partial charge is 0.495 e. The van der Waals surface area contributed by atoms with Gasteiger partial charge in [0.15, 0.2) is 4.34 Å². The molecule has 0 aliphatic carbocycles. The van der Waals surface area contributed by atoms with Gasteiger partial charge in [0.05, 0.1) is 18.6 Å².